The fourth-order valence-corrected chi connectivity index (χ4v) is 1.90. The third kappa shape index (κ3) is 2.04. The molecule has 15 heavy (non-hydrogen) atoms. The summed E-state index contributed by atoms with van der Waals surface area (Å²) in [5.74, 6) is 0.269. The summed E-state index contributed by atoms with van der Waals surface area (Å²) in [5.41, 5.74) is 0.358. The molecule has 1 atom stereocenters. The van der Waals surface area contributed by atoms with Crippen molar-refractivity contribution in [3.8, 4) is 0 Å². The van der Waals surface area contributed by atoms with E-state index in [9.17, 15) is 9.59 Å². The van der Waals surface area contributed by atoms with Gasteiger partial charge in [-0.25, -0.2) is 4.98 Å². The van der Waals surface area contributed by atoms with E-state index in [1.165, 1.54) is 11.0 Å². The number of rotatable bonds is 1. The molecule has 1 fully saturated rings. The van der Waals surface area contributed by atoms with E-state index in [1.54, 1.807) is 6.92 Å². The highest BCUT2D eigenvalue weighted by atomic mass is 32.1. The Hall–Kier alpha value is -1.30. The topological polar surface area (TPSA) is 66.1 Å². The fraction of sp³-hybridized carbons (Fsp3) is 0.444. The van der Waals surface area contributed by atoms with E-state index >= 15 is 0 Å². The van der Waals surface area contributed by atoms with Crippen molar-refractivity contribution in [2.24, 2.45) is 0 Å². The molecule has 0 saturated carbocycles. The summed E-state index contributed by atoms with van der Waals surface area (Å²) in [6, 6.07) is 1.39. The molecule has 1 aromatic heterocycles. The van der Waals surface area contributed by atoms with Gasteiger partial charge >= 0.3 is 0 Å². The second-order valence-electron chi connectivity index (χ2n) is 3.57. The molecule has 0 bridgehead atoms. The highest BCUT2D eigenvalue weighted by Gasteiger charge is 2.29. The molecule has 6 heteroatoms. The summed E-state index contributed by atoms with van der Waals surface area (Å²) in [4.78, 5) is 30.9. The van der Waals surface area contributed by atoms with Crippen LogP contribution in [0.2, 0.25) is 0 Å². The van der Waals surface area contributed by atoms with E-state index < -0.39 is 0 Å². The van der Waals surface area contributed by atoms with Crippen LogP contribution in [0.4, 0.5) is 5.95 Å². The van der Waals surface area contributed by atoms with Crippen molar-refractivity contribution in [3.05, 3.63) is 22.1 Å². The minimum atomic E-state index is -0.243. The molecule has 1 aromatic rings. The Kier molecular flexibility index (Phi) is 2.52. The van der Waals surface area contributed by atoms with Crippen LogP contribution in [0.25, 0.3) is 0 Å². The summed E-state index contributed by atoms with van der Waals surface area (Å²) in [6.45, 7) is 2.21. The standard InChI is InChI=1S/C9H11N3O2S/c1-5-2-7(13)11-9(10-5)12-4-6(15)3-8(12)14/h2,6,15H,3-4H2,1H3,(H,10,11,13). The van der Waals surface area contributed by atoms with Gasteiger partial charge in [0.2, 0.25) is 11.9 Å². The maximum Gasteiger partial charge on any atom is 0.252 e. The Morgan fingerprint density at radius 1 is 1.60 bits per heavy atom. The van der Waals surface area contributed by atoms with Crippen molar-refractivity contribution in [1.29, 1.82) is 0 Å². The van der Waals surface area contributed by atoms with Crippen LogP contribution in [-0.4, -0.2) is 27.7 Å². The monoisotopic (exact) mass is 225 g/mol. The molecule has 5 nitrogen and oxygen atoms in total. The van der Waals surface area contributed by atoms with Gasteiger partial charge in [0, 0.05) is 30.0 Å². The average molecular weight is 225 g/mol. The SMILES string of the molecule is Cc1cc(=O)[nH]c(N2CC(S)CC2=O)n1. The zero-order chi connectivity index (χ0) is 11.0. The van der Waals surface area contributed by atoms with Crippen molar-refractivity contribution < 1.29 is 4.79 Å². The van der Waals surface area contributed by atoms with Gasteiger partial charge in [0.1, 0.15) is 0 Å². The Morgan fingerprint density at radius 2 is 2.33 bits per heavy atom. The largest absolute Gasteiger partial charge is 0.292 e. The van der Waals surface area contributed by atoms with Crippen LogP contribution in [0.3, 0.4) is 0 Å². The molecule has 1 N–H and O–H groups in total. The molecule has 1 unspecified atom stereocenters. The lowest BCUT2D eigenvalue weighted by atomic mass is 10.4. The summed E-state index contributed by atoms with van der Waals surface area (Å²) < 4.78 is 0. The molecule has 1 amide bonds. The number of hydrogen-bond acceptors (Lipinski definition) is 4. The maximum atomic E-state index is 11.5. The van der Waals surface area contributed by atoms with Crippen LogP contribution < -0.4 is 10.5 Å². The molecule has 2 rings (SSSR count). The number of aromatic amines is 1. The first kappa shape index (κ1) is 10.2. The van der Waals surface area contributed by atoms with Gasteiger partial charge in [0.05, 0.1) is 0 Å². The van der Waals surface area contributed by atoms with Gasteiger partial charge in [-0.2, -0.15) is 12.6 Å². The maximum absolute atomic E-state index is 11.5. The Bertz CT molecular complexity index is 457. The zero-order valence-electron chi connectivity index (χ0n) is 8.23. The number of nitrogens with one attached hydrogen (secondary N) is 1. The van der Waals surface area contributed by atoms with Gasteiger partial charge in [0.25, 0.3) is 5.56 Å². The van der Waals surface area contributed by atoms with Crippen LogP contribution in [0.15, 0.2) is 10.9 Å². The minimum Gasteiger partial charge on any atom is -0.292 e. The van der Waals surface area contributed by atoms with Crippen molar-refractivity contribution in [2.45, 2.75) is 18.6 Å². The fourth-order valence-electron chi connectivity index (χ4n) is 1.58. The van der Waals surface area contributed by atoms with Crippen molar-refractivity contribution in [2.75, 3.05) is 11.4 Å². The van der Waals surface area contributed by atoms with E-state index in [4.69, 9.17) is 0 Å². The summed E-state index contributed by atoms with van der Waals surface area (Å²) in [7, 11) is 0. The predicted octanol–water partition coefficient (Wildman–Crippen LogP) is 0.113. The van der Waals surface area contributed by atoms with Crippen LogP contribution in [-0.2, 0) is 4.79 Å². The van der Waals surface area contributed by atoms with Gasteiger partial charge in [-0.05, 0) is 6.92 Å². The minimum absolute atomic E-state index is 0.0170. The second-order valence-corrected chi connectivity index (χ2v) is 4.30. The Morgan fingerprint density at radius 3 is 2.87 bits per heavy atom. The predicted molar refractivity (Wildman–Crippen MR) is 59.3 cm³/mol. The molecule has 1 aliphatic rings. The van der Waals surface area contributed by atoms with Gasteiger partial charge in [-0.15, -0.1) is 0 Å². The number of amides is 1. The van der Waals surface area contributed by atoms with Crippen molar-refractivity contribution >= 4 is 24.5 Å². The van der Waals surface area contributed by atoms with Crippen LogP contribution in [0.1, 0.15) is 12.1 Å². The molecule has 0 radical (unpaired) electrons. The number of carbonyl (C=O) groups excluding carboxylic acids is 1. The van der Waals surface area contributed by atoms with E-state index in [2.05, 4.69) is 22.6 Å². The molecule has 0 aromatic carbocycles. The van der Waals surface area contributed by atoms with Crippen LogP contribution in [0, 0.1) is 6.92 Å². The van der Waals surface area contributed by atoms with Gasteiger partial charge < -0.3 is 0 Å². The number of thiol groups is 1. The first-order chi connectivity index (χ1) is 7.06. The lowest BCUT2D eigenvalue weighted by Crippen LogP contribution is -2.29. The number of aryl methyl sites for hydroxylation is 1. The van der Waals surface area contributed by atoms with E-state index in [1.807, 2.05) is 0 Å². The summed E-state index contributed by atoms with van der Waals surface area (Å²) in [5, 5.41) is 0.0170. The van der Waals surface area contributed by atoms with Crippen LogP contribution >= 0.6 is 12.6 Å². The third-order valence-corrected chi connectivity index (χ3v) is 2.56. The molecule has 2 heterocycles. The highest BCUT2D eigenvalue weighted by molar-refractivity contribution is 7.81. The number of nitrogens with zero attached hydrogens (tertiary/aromatic N) is 2. The van der Waals surface area contributed by atoms with E-state index in [-0.39, 0.29) is 16.7 Å². The lowest BCUT2D eigenvalue weighted by molar-refractivity contribution is -0.117. The van der Waals surface area contributed by atoms with Gasteiger partial charge in [-0.3, -0.25) is 19.5 Å². The smallest absolute Gasteiger partial charge is 0.252 e. The molecule has 1 aliphatic heterocycles. The molecule has 0 aliphatic carbocycles. The van der Waals surface area contributed by atoms with Crippen molar-refractivity contribution in [1.82, 2.24) is 9.97 Å². The lowest BCUT2D eigenvalue weighted by Gasteiger charge is -2.13. The number of anilines is 1. The van der Waals surface area contributed by atoms with Gasteiger partial charge in [-0.1, -0.05) is 0 Å². The Labute approximate surface area is 91.9 Å². The molecular weight excluding hydrogens is 214 g/mol. The summed E-state index contributed by atoms with van der Waals surface area (Å²) in [6.07, 6.45) is 0.390. The number of H-pyrrole nitrogens is 1. The molecule has 0 spiro atoms. The van der Waals surface area contributed by atoms with E-state index in [0.717, 1.165) is 0 Å². The summed E-state index contributed by atoms with van der Waals surface area (Å²) >= 11 is 4.23. The average Bonchev–Trinajstić information content (AvgIpc) is 2.43. The quantitative estimate of drug-likeness (QED) is 0.667. The molecular formula is C9H11N3O2S. The van der Waals surface area contributed by atoms with Crippen molar-refractivity contribution in [3.63, 3.8) is 0 Å². The zero-order valence-corrected chi connectivity index (χ0v) is 9.12. The molecule has 1 saturated heterocycles. The number of hydrogen-bond donors (Lipinski definition) is 2. The first-order valence-corrected chi connectivity index (χ1v) is 5.14. The Balaban J connectivity index is 2.37. The third-order valence-electron chi connectivity index (χ3n) is 2.22. The van der Waals surface area contributed by atoms with E-state index in [0.29, 0.717) is 24.6 Å². The van der Waals surface area contributed by atoms with Gasteiger partial charge in [0.15, 0.2) is 0 Å². The highest BCUT2D eigenvalue weighted by Crippen LogP contribution is 2.19. The molecule has 80 valence electrons. The number of carbonyl (C=O) groups is 1. The first-order valence-electron chi connectivity index (χ1n) is 4.62. The second kappa shape index (κ2) is 3.69. The normalized spacial score (nSPS) is 21.1. The van der Waals surface area contributed by atoms with Crippen LogP contribution in [0.5, 0.6) is 0 Å². The number of aromatic nitrogens is 2.